The Balaban J connectivity index is 1.38. The summed E-state index contributed by atoms with van der Waals surface area (Å²) in [6, 6.07) is 5.57. The number of pyridine rings is 1. The minimum atomic E-state index is -1.15. The van der Waals surface area contributed by atoms with Crippen molar-refractivity contribution >= 4 is 10.9 Å². The summed E-state index contributed by atoms with van der Waals surface area (Å²) in [5.74, 6) is 1.58. The molecule has 1 aromatic carbocycles. The fraction of sp³-hybridized carbons (Fsp3) is 0.679. The molecule has 2 aromatic rings. The van der Waals surface area contributed by atoms with Crippen molar-refractivity contribution in [2.45, 2.75) is 76.9 Å². The number of nitrogens with zero attached hydrogens (tertiary/aromatic N) is 2. The van der Waals surface area contributed by atoms with Crippen LogP contribution in [0.4, 0.5) is 4.39 Å². The molecule has 0 spiro atoms. The molecule has 188 valence electrons. The number of benzene rings is 1. The van der Waals surface area contributed by atoms with Gasteiger partial charge in [0, 0.05) is 30.3 Å². The highest BCUT2D eigenvalue weighted by molar-refractivity contribution is 5.85. The van der Waals surface area contributed by atoms with Crippen molar-refractivity contribution < 1.29 is 14.2 Å². The van der Waals surface area contributed by atoms with Crippen molar-refractivity contribution in [3.63, 3.8) is 0 Å². The van der Waals surface area contributed by atoms with E-state index < -0.39 is 6.17 Å². The van der Waals surface area contributed by atoms with E-state index in [2.05, 4.69) is 9.88 Å². The second kappa shape index (κ2) is 11.8. The molecule has 1 aromatic heterocycles. The Morgan fingerprint density at radius 2 is 2.00 bits per heavy atom. The fourth-order valence-corrected chi connectivity index (χ4v) is 6.05. The summed E-state index contributed by atoms with van der Waals surface area (Å²) in [5, 5.41) is 11.1. The molecular weight excluding hydrogens is 429 g/mol. The van der Waals surface area contributed by atoms with Crippen LogP contribution in [-0.4, -0.2) is 48.3 Å². The summed E-state index contributed by atoms with van der Waals surface area (Å²) in [5.41, 5.74) is 7.89. The van der Waals surface area contributed by atoms with Crippen LogP contribution >= 0.6 is 0 Å². The molecule has 2 heterocycles. The standard InChI is InChI=1S/C28H42FN3O2/c1-34-23-7-8-26-24(17-23)27(22(18-30)19-31-26)25(29)9-11-28(20-33)12-15-32(16-13-28)14-10-21-5-3-2-4-6-21/h7-8,17,19,21,25,33H,2-6,9-16,18,20,30H2,1H3. The number of likely N-dealkylation sites (tertiary alicyclic amines) is 1. The van der Waals surface area contributed by atoms with Gasteiger partial charge in [-0.05, 0) is 86.8 Å². The molecule has 1 aliphatic heterocycles. The van der Waals surface area contributed by atoms with Crippen LogP contribution in [0, 0.1) is 11.3 Å². The Morgan fingerprint density at radius 1 is 1.24 bits per heavy atom. The number of hydrogen-bond acceptors (Lipinski definition) is 5. The molecule has 1 aliphatic carbocycles. The number of methoxy groups -OCH3 is 1. The van der Waals surface area contributed by atoms with Crippen LogP contribution in [0.2, 0.25) is 0 Å². The van der Waals surface area contributed by atoms with Gasteiger partial charge in [-0.15, -0.1) is 0 Å². The van der Waals surface area contributed by atoms with Crippen LogP contribution in [0.1, 0.15) is 81.5 Å². The minimum absolute atomic E-state index is 0.130. The lowest BCUT2D eigenvalue weighted by molar-refractivity contribution is 0.0281. The molecule has 0 amide bonds. The van der Waals surface area contributed by atoms with Crippen molar-refractivity contribution in [1.29, 1.82) is 0 Å². The molecule has 1 atom stereocenters. The lowest BCUT2D eigenvalue weighted by Gasteiger charge is -2.41. The van der Waals surface area contributed by atoms with Gasteiger partial charge in [0.15, 0.2) is 0 Å². The van der Waals surface area contributed by atoms with Gasteiger partial charge < -0.3 is 20.5 Å². The highest BCUT2D eigenvalue weighted by atomic mass is 19.1. The van der Waals surface area contributed by atoms with Crippen molar-refractivity contribution in [2.75, 3.05) is 33.4 Å². The van der Waals surface area contributed by atoms with E-state index in [-0.39, 0.29) is 18.6 Å². The maximum Gasteiger partial charge on any atom is 0.126 e. The first-order valence-electron chi connectivity index (χ1n) is 13.2. The van der Waals surface area contributed by atoms with Crippen LogP contribution in [0.25, 0.3) is 10.9 Å². The number of fused-ring (bicyclic) bond motifs is 1. The summed E-state index contributed by atoms with van der Waals surface area (Å²) in [7, 11) is 1.61. The normalized spacial score (nSPS) is 20.5. The summed E-state index contributed by atoms with van der Waals surface area (Å²) in [4.78, 5) is 7.02. The molecule has 1 unspecified atom stereocenters. The van der Waals surface area contributed by atoms with Crippen LogP contribution in [0.15, 0.2) is 24.4 Å². The Bertz CT molecular complexity index is 918. The van der Waals surface area contributed by atoms with Gasteiger partial charge in [-0.25, -0.2) is 4.39 Å². The van der Waals surface area contributed by atoms with Crippen LogP contribution in [-0.2, 0) is 6.54 Å². The molecule has 0 radical (unpaired) electrons. The largest absolute Gasteiger partial charge is 0.497 e. The quantitative estimate of drug-likeness (QED) is 0.476. The maximum atomic E-state index is 15.8. The third-order valence-corrected chi connectivity index (χ3v) is 8.49. The SMILES string of the molecule is COc1ccc2ncc(CN)c(C(F)CCC3(CO)CCN(CCC4CCCCC4)CC3)c2c1. The topological polar surface area (TPSA) is 71.6 Å². The van der Waals surface area contributed by atoms with Gasteiger partial charge in [-0.1, -0.05) is 32.1 Å². The van der Waals surface area contributed by atoms with E-state index in [4.69, 9.17) is 10.5 Å². The Kier molecular flexibility index (Phi) is 8.78. The third-order valence-electron chi connectivity index (χ3n) is 8.49. The lowest BCUT2D eigenvalue weighted by atomic mass is 9.74. The molecule has 4 rings (SSSR count). The number of hydrogen-bond donors (Lipinski definition) is 2. The molecule has 34 heavy (non-hydrogen) atoms. The summed E-state index contributed by atoms with van der Waals surface area (Å²) in [6.45, 7) is 3.56. The number of nitrogens with two attached hydrogens (primary N) is 1. The van der Waals surface area contributed by atoms with Gasteiger partial charge in [-0.2, -0.15) is 0 Å². The number of ether oxygens (including phenoxy) is 1. The Hall–Kier alpha value is -1.76. The smallest absolute Gasteiger partial charge is 0.126 e. The number of aliphatic hydroxyl groups is 1. The number of aromatic nitrogens is 1. The van der Waals surface area contributed by atoms with E-state index in [0.29, 0.717) is 24.2 Å². The predicted octanol–water partition coefficient (Wildman–Crippen LogP) is 5.54. The number of rotatable bonds is 10. The Morgan fingerprint density at radius 3 is 2.68 bits per heavy atom. The maximum absolute atomic E-state index is 15.8. The first-order chi connectivity index (χ1) is 16.6. The molecule has 0 bridgehead atoms. The van der Waals surface area contributed by atoms with E-state index in [1.165, 1.54) is 45.1 Å². The molecule has 3 N–H and O–H groups in total. The van der Waals surface area contributed by atoms with E-state index in [9.17, 15) is 5.11 Å². The zero-order valence-corrected chi connectivity index (χ0v) is 20.8. The molecular formula is C28H42FN3O2. The number of halogens is 1. The van der Waals surface area contributed by atoms with Crippen LogP contribution in [0.5, 0.6) is 5.75 Å². The first kappa shape index (κ1) is 25.3. The minimum Gasteiger partial charge on any atom is -0.497 e. The summed E-state index contributed by atoms with van der Waals surface area (Å²) < 4.78 is 21.2. The van der Waals surface area contributed by atoms with Crippen LogP contribution in [0.3, 0.4) is 0 Å². The Labute approximate surface area is 203 Å². The molecule has 2 fully saturated rings. The second-order valence-corrected chi connectivity index (χ2v) is 10.6. The van der Waals surface area contributed by atoms with Gasteiger partial charge in [0.2, 0.25) is 0 Å². The fourth-order valence-electron chi connectivity index (χ4n) is 6.05. The predicted molar refractivity (Wildman–Crippen MR) is 136 cm³/mol. The lowest BCUT2D eigenvalue weighted by Crippen LogP contribution is -2.42. The first-order valence-corrected chi connectivity index (χ1v) is 13.2. The molecule has 5 nitrogen and oxygen atoms in total. The zero-order chi connectivity index (χ0) is 24.0. The van der Waals surface area contributed by atoms with E-state index in [1.807, 2.05) is 18.2 Å². The van der Waals surface area contributed by atoms with Gasteiger partial charge in [0.25, 0.3) is 0 Å². The molecule has 1 saturated heterocycles. The summed E-state index contributed by atoms with van der Waals surface area (Å²) >= 11 is 0. The van der Waals surface area contributed by atoms with Gasteiger partial charge in [0.05, 0.1) is 12.6 Å². The number of aliphatic hydroxyl groups excluding tert-OH is 1. The molecule has 2 aliphatic rings. The van der Waals surface area contributed by atoms with Crippen molar-refractivity contribution in [1.82, 2.24) is 9.88 Å². The average molecular weight is 472 g/mol. The highest BCUT2D eigenvalue weighted by Gasteiger charge is 2.35. The average Bonchev–Trinajstić information content (AvgIpc) is 2.90. The van der Waals surface area contributed by atoms with Gasteiger partial charge in [-0.3, -0.25) is 4.98 Å². The van der Waals surface area contributed by atoms with E-state index in [1.54, 1.807) is 13.3 Å². The van der Waals surface area contributed by atoms with E-state index in [0.717, 1.165) is 48.3 Å². The van der Waals surface area contributed by atoms with E-state index >= 15 is 4.39 Å². The summed E-state index contributed by atoms with van der Waals surface area (Å²) in [6.07, 6.45) is 11.8. The number of alkyl halides is 1. The van der Waals surface area contributed by atoms with Crippen molar-refractivity contribution in [3.8, 4) is 5.75 Å². The molecule has 6 heteroatoms. The van der Waals surface area contributed by atoms with Crippen LogP contribution < -0.4 is 10.5 Å². The monoisotopic (exact) mass is 471 g/mol. The third kappa shape index (κ3) is 5.89. The second-order valence-electron chi connectivity index (χ2n) is 10.6. The highest BCUT2D eigenvalue weighted by Crippen LogP contribution is 2.41. The van der Waals surface area contributed by atoms with Gasteiger partial charge >= 0.3 is 0 Å². The number of piperidine rings is 1. The van der Waals surface area contributed by atoms with Crippen molar-refractivity contribution in [2.24, 2.45) is 17.1 Å². The van der Waals surface area contributed by atoms with Gasteiger partial charge in [0.1, 0.15) is 11.9 Å². The van der Waals surface area contributed by atoms with Crippen molar-refractivity contribution in [3.05, 3.63) is 35.5 Å². The molecule has 1 saturated carbocycles. The zero-order valence-electron chi connectivity index (χ0n) is 20.8.